The van der Waals surface area contributed by atoms with Gasteiger partial charge in [-0.15, -0.1) is 0 Å². The highest BCUT2D eigenvalue weighted by molar-refractivity contribution is 5.88. The number of nitrogens with zero attached hydrogens (tertiary/aromatic N) is 3. The first kappa shape index (κ1) is 10.4. The van der Waals surface area contributed by atoms with Gasteiger partial charge in [0.05, 0.1) is 6.20 Å². The number of carboxylic acids is 1. The Kier molecular flexibility index (Phi) is 2.07. The standard InChI is InChI=1S/C8H4F3N3O2/c9-8(10,11)6-5(7(15)16)14-2-1-12-3-4(14)13-6/h1-3H,(H,15,16). The molecule has 0 amide bonds. The molecule has 2 aromatic rings. The number of carboxylic acid groups (broad SMARTS) is 1. The van der Waals surface area contributed by atoms with Crippen LogP contribution in [0.1, 0.15) is 16.2 Å². The number of hydrogen-bond donors (Lipinski definition) is 1. The second kappa shape index (κ2) is 3.19. The molecular formula is C8H4F3N3O2. The summed E-state index contributed by atoms with van der Waals surface area (Å²) in [5.74, 6) is -1.69. The number of halogens is 3. The van der Waals surface area contributed by atoms with E-state index in [2.05, 4.69) is 9.97 Å². The molecule has 0 unspecified atom stereocenters. The summed E-state index contributed by atoms with van der Waals surface area (Å²) in [6, 6.07) is 0. The first-order valence-electron chi connectivity index (χ1n) is 4.04. The summed E-state index contributed by atoms with van der Waals surface area (Å²) in [5, 5.41) is 8.73. The Morgan fingerprint density at radius 2 is 2.12 bits per heavy atom. The molecule has 0 aromatic carbocycles. The minimum absolute atomic E-state index is 0.160. The van der Waals surface area contributed by atoms with Crippen LogP contribution in [0.5, 0.6) is 0 Å². The summed E-state index contributed by atoms with van der Waals surface area (Å²) in [5.41, 5.74) is -2.50. The van der Waals surface area contributed by atoms with Crippen LogP contribution in [0.4, 0.5) is 13.2 Å². The zero-order valence-electron chi connectivity index (χ0n) is 7.56. The monoisotopic (exact) mass is 231 g/mol. The SMILES string of the molecule is O=C(O)c1c(C(F)(F)F)nc2cnccn12. The first-order chi connectivity index (χ1) is 7.41. The Labute approximate surface area is 86.2 Å². The molecular weight excluding hydrogens is 227 g/mol. The fraction of sp³-hybridized carbons (Fsp3) is 0.125. The maximum atomic E-state index is 12.5. The van der Waals surface area contributed by atoms with Crippen molar-refractivity contribution in [2.75, 3.05) is 0 Å². The van der Waals surface area contributed by atoms with Crippen LogP contribution < -0.4 is 0 Å². The van der Waals surface area contributed by atoms with Gasteiger partial charge in [-0.3, -0.25) is 9.38 Å². The lowest BCUT2D eigenvalue weighted by atomic mass is 10.3. The van der Waals surface area contributed by atoms with Crippen molar-refractivity contribution in [1.82, 2.24) is 14.4 Å². The van der Waals surface area contributed by atoms with Gasteiger partial charge in [-0.05, 0) is 0 Å². The number of carbonyl (C=O) groups is 1. The van der Waals surface area contributed by atoms with Gasteiger partial charge in [-0.2, -0.15) is 13.2 Å². The van der Waals surface area contributed by atoms with Gasteiger partial charge < -0.3 is 5.11 Å². The minimum atomic E-state index is -4.81. The van der Waals surface area contributed by atoms with Crippen LogP contribution >= 0.6 is 0 Å². The van der Waals surface area contributed by atoms with Crippen molar-refractivity contribution in [1.29, 1.82) is 0 Å². The van der Waals surface area contributed by atoms with Crippen molar-refractivity contribution in [3.8, 4) is 0 Å². The molecule has 0 atom stereocenters. The molecule has 0 aliphatic heterocycles. The lowest BCUT2D eigenvalue weighted by molar-refractivity contribution is -0.141. The third-order valence-corrected chi connectivity index (χ3v) is 1.90. The molecule has 16 heavy (non-hydrogen) atoms. The van der Waals surface area contributed by atoms with Crippen molar-refractivity contribution in [2.24, 2.45) is 0 Å². The van der Waals surface area contributed by atoms with Gasteiger partial charge in [0.1, 0.15) is 0 Å². The molecule has 2 aromatic heterocycles. The molecule has 8 heteroatoms. The van der Waals surface area contributed by atoms with Crippen LogP contribution in [0.2, 0.25) is 0 Å². The van der Waals surface area contributed by atoms with Crippen molar-refractivity contribution in [3.05, 3.63) is 30.0 Å². The van der Waals surface area contributed by atoms with Gasteiger partial charge >= 0.3 is 12.1 Å². The van der Waals surface area contributed by atoms with Crippen molar-refractivity contribution in [3.63, 3.8) is 0 Å². The molecule has 0 radical (unpaired) electrons. The molecule has 0 aliphatic carbocycles. The maximum Gasteiger partial charge on any atom is 0.435 e. The first-order valence-corrected chi connectivity index (χ1v) is 4.04. The zero-order valence-corrected chi connectivity index (χ0v) is 7.56. The highest BCUT2D eigenvalue weighted by Gasteiger charge is 2.40. The van der Waals surface area contributed by atoms with Gasteiger partial charge in [0, 0.05) is 12.4 Å². The molecule has 0 aliphatic rings. The number of alkyl halides is 3. The number of aromatic carboxylic acids is 1. The summed E-state index contributed by atoms with van der Waals surface area (Å²) < 4.78 is 38.3. The van der Waals surface area contributed by atoms with Crippen LogP contribution in [0.3, 0.4) is 0 Å². The van der Waals surface area contributed by atoms with Crippen LogP contribution in [-0.2, 0) is 6.18 Å². The Hall–Kier alpha value is -2.12. The second-order valence-corrected chi connectivity index (χ2v) is 2.92. The molecule has 0 bridgehead atoms. The molecule has 0 saturated carbocycles. The molecule has 5 nitrogen and oxygen atoms in total. The Balaban J connectivity index is 2.84. The largest absolute Gasteiger partial charge is 0.476 e. The quantitative estimate of drug-likeness (QED) is 0.806. The average molecular weight is 231 g/mol. The van der Waals surface area contributed by atoms with E-state index in [1.54, 1.807) is 0 Å². The van der Waals surface area contributed by atoms with Crippen molar-refractivity contribution < 1.29 is 23.1 Å². The number of hydrogen-bond acceptors (Lipinski definition) is 3. The maximum absolute atomic E-state index is 12.5. The van der Waals surface area contributed by atoms with Crippen LogP contribution in [-0.4, -0.2) is 25.4 Å². The second-order valence-electron chi connectivity index (χ2n) is 2.92. The molecule has 0 saturated heterocycles. The molecule has 2 rings (SSSR count). The lowest BCUT2D eigenvalue weighted by Crippen LogP contribution is -2.13. The Morgan fingerprint density at radius 1 is 1.44 bits per heavy atom. The number of aromatic nitrogens is 3. The highest BCUT2D eigenvalue weighted by atomic mass is 19.4. The normalized spacial score (nSPS) is 11.9. The summed E-state index contributed by atoms with van der Waals surface area (Å²) in [4.78, 5) is 17.5. The predicted molar refractivity (Wildman–Crippen MR) is 44.9 cm³/mol. The van der Waals surface area contributed by atoms with Gasteiger partial charge in [0.2, 0.25) is 0 Å². The Morgan fingerprint density at radius 3 is 2.69 bits per heavy atom. The topological polar surface area (TPSA) is 67.5 Å². The molecule has 1 N–H and O–H groups in total. The number of rotatable bonds is 1. The van der Waals surface area contributed by atoms with E-state index >= 15 is 0 Å². The van der Waals surface area contributed by atoms with Crippen LogP contribution in [0.25, 0.3) is 5.65 Å². The van der Waals surface area contributed by atoms with E-state index in [-0.39, 0.29) is 5.65 Å². The minimum Gasteiger partial charge on any atom is -0.476 e. The fourth-order valence-corrected chi connectivity index (χ4v) is 1.31. The molecule has 0 fully saturated rings. The van der Waals surface area contributed by atoms with E-state index in [1.807, 2.05) is 0 Å². The van der Waals surface area contributed by atoms with Crippen LogP contribution in [0, 0.1) is 0 Å². The molecule has 84 valence electrons. The summed E-state index contributed by atoms with van der Waals surface area (Å²) >= 11 is 0. The summed E-state index contributed by atoms with van der Waals surface area (Å²) in [6.45, 7) is 0. The molecule has 0 spiro atoms. The van der Waals surface area contributed by atoms with E-state index in [0.717, 1.165) is 16.8 Å². The van der Waals surface area contributed by atoms with Gasteiger partial charge in [0.25, 0.3) is 0 Å². The number of imidazole rings is 1. The predicted octanol–water partition coefficient (Wildman–Crippen LogP) is 1.45. The fourth-order valence-electron chi connectivity index (χ4n) is 1.31. The average Bonchev–Trinajstić information content (AvgIpc) is 2.55. The summed E-state index contributed by atoms with van der Waals surface area (Å²) in [7, 11) is 0. The smallest absolute Gasteiger partial charge is 0.435 e. The molecule has 2 heterocycles. The third kappa shape index (κ3) is 1.47. The van der Waals surface area contributed by atoms with E-state index < -0.39 is 23.5 Å². The van der Waals surface area contributed by atoms with Crippen molar-refractivity contribution in [2.45, 2.75) is 6.18 Å². The van der Waals surface area contributed by atoms with E-state index in [4.69, 9.17) is 5.11 Å². The van der Waals surface area contributed by atoms with Gasteiger partial charge in [-0.1, -0.05) is 0 Å². The lowest BCUT2D eigenvalue weighted by Gasteiger charge is -2.03. The third-order valence-electron chi connectivity index (χ3n) is 1.90. The van der Waals surface area contributed by atoms with Gasteiger partial charge in [-0.25, -0.2) is 9.78 Å². The van der Waals surface area contributed by atoms with Crippen molar-refractivity contribution >= 4 is 11.6 Å². The Bertz CT molecular complexity index is 561. The number of fused-ring (bicyclic) bond motifs is 1. The van der Waals surface area contributed by atoms with Crippen LogP contribution in [0.15, 0.2) is 18.6 Å². The summed E-state index contributed by atoms with van der Waals surface area (Å²) in [6.07, 6.45) is -1.45. The van der Waals surface area contributed by atoms with E-state index in [9.17, 15) is 18.0 Å². The van der Waals surface area contributed by atoms with E-state index in [1.165, 1.54) is 6.20 Å². The highest BCUT2D eigenvalue weighted by Crippen LogP contribution is 2.31. The van der Waals surface area contributed by atoms with Gasteiger partial charge in [0.15, 0.2) is 17.0 Å². The van der Waals surface area contributed by atoms with E-state index in [0.29, 0.717) is 0 Å². The zero-order chi connectivity index (χ0) is 11.9.